The smallest absolute Gasteiger partial charge is 0.151 e. The molecule has 2 rings (SSSR count). The van der Waals surface area contributed by atoms with Crippen LogP contribution < -0.4 is 5.32 Å². The molecule has 0 spiro atoms. The van der Waals surface area contributed by atoms with E-state index in [9.17, 15) is 8.42 Å². The van der Waals surface area contributed by atoms with E-state index in [4.69, 9.17) is 0 Å². The third-order valence-corrected chi connectivity index (χ3v) is 5.77. The molecule has 0 radical (unpaired) electrons. The van der Waals surface area contributed by atoms with Gasteiger partial charge in [0.2, 0.25) is 0 Å². The van der Waals surface area contributed by atoms with Gasteiger partial charge in [0.25, 0.3) is 0 Å². The maximum absolute atomic E-state index is 11.2. The number of nitrogens with one attached hydrogen (secondary N) is 1. The number of sulfone groups is 1. The van der Waals surface area contributed by atoms with Crippen molar-refractivity contribution >= 4 is 37.1 Å². The Labute approximate surface area is 102 Å². The molecule has 0 amide bonds. The zero-order valence-electron chi connectivity index (χ0n) is 8.07. The lowest BCUT2D eigenvalue weighted by Gasteiger charge is -2.08. The number of thiophene rings is 1. The van der Waals surface area contributed by atoms with Crippen molar-refractivity contribution < 1.29 is 8.42 Å². The van der Waals surface area contributed by atoms with Crippen molar-refractivity contribution in [1.29, 1.82) is 0 Å². The molecule has 2 heterocycles. The van der Waals surface area contributed by atoms with Gasteiger partial charge in [-0.05, 0) is 39.4 Å². The molecule has 1 atom stereocenters. The average molecular weight is 310 g/mol. The van der Waals surface area contributed by atoms with E-state index >= 15 is 0 Å². The molecule has 3 nitrogen and oxygen atoms in total. The Bertz CT molecular complexity index is 441. The summed E-state index contributed by atoms with van der Waals surface area (Å²) in [6.07, 6.45) is 0.744. The molecule has 1 aliphatic rings. The Morgan fingerprint density at radius 2 is 2.40 bits per heavy atom. The number of hydrogen-bond donors (Lipinski definition) is 1. The van der Waals surface area contributed by atoms with Crippen LogP contribution in [0.2, 0.25) is 0 Å². The maximum Gasteiger partial charge on any atom is 0.151 e. The van der Waals surface area contributed by atoms with Crippen molar-refractivity contribution in [3.05, 3.63) is 20.8 Å². The van der Waals surface area contributed by atoms with Gasteiger partial charge in [-0.2, -0.15) is 0 Å². The van der Waals surface area contributed by atoms with Gasteiger partial charge >= 0.3 is 0 Å². The highest BCUT2D eigenvalue weighted by Crippen LogP contribution is 2.21. The second-order valence-electron chi connectivity index (χ2n) is 3.74. The SMILES string of the molecule is O=S1(=O)CCC(NCc2csc(Br)c2)C1. The fraction of sp³-hybridized carbons (Fsp3) is 0.556. The summed E-state index contributed by atoms with van der Waals surface area (Å²) in [4.78, 5) is 0. The predicted molar refractivity (Wildman–Crippen MR) is 65.9 cm³/mol. The summed E-state index contributed by atoms with van der Waals surface area (Å²) >= 11 is 5.04. The largest absolute Gasteiger partial charge is 0.309 e. The van der Waals surface area contributed by atoms with Crippen LogP contribution in [0, 0.1) is 0 Å². The Kier molecular flexibility index (Phi) is 3.49. The summed E-state index contributed by atoms with van der Waals surface area (Å²) in [5, 5.41) is 5.34. The van der Waals surface area contributed by atoms with Gasteiger partial charge in [0, 0.05) is 12.6 Å². The Morgan fingerprint density at radius 3 is 2.93 bits per heavy atom. The van der Waals surface area contributed by atoms with Crippen LogP contribution in [0.15, 0.2) is 15.2 Å². The molecule has 1 aromatic heterocycles. The van der Waals surface area contributed by atoms with E-state index < -0.39 is 9.84 Å². The van der Waals surface area contributed by atoms with E-state index in [2.05, 4.69) is 32.7 Å². The number of hydrogen-bond acceptors (Lipinski definition) is 4. The molecule has 1 fully saturated rings. The summed E-state index contributed by atoms with van der Waals surface area (Å²) in [5.41, 5.74) is 1.20. The second kappa shape index (κ2) is 4.53. The average Bonchev–Trinajstić information content (AvgIpc) is 2.69. The predicted octanol–water partition coefficient (Wildman–Crippen LogP) is 1.79. The maximum atomic E-state index is 11.2. The van der Waals surface area contributed by atoms with Crippen LogP contribution in [0.3, 0.4) is 0 Å². The molecule has 6 heteroatoms. The van der Waals surface area contributed by atoms with E-state index in [-0.39, 0.29) is 11.8 Å². The van der Waals surface area contributed by atoms with Crippen LogP contribution in [-0.4, -0.2) is 26.0 Å². The Morgan fingerprint density at radius 1 is 1.60 bits per heavy atom. The lowest BCUT2D eigenvalue weighted by atomic mass is 10.2. The molecule has 1 N–H and O–H groups in total. The summed E-state index contributed by atoms with van der Waals surface area (Å²) in [6.45, 7) is 0.752. The first-order valence-corrected chi connectivity index (χ1v) is 8.21. The molecule has 1 unspecified atom stereocenters. The number of halogens is 1. The molecule has 84 valence electrons. The zero-order valence-corrected chi connectivity index (χ0v) is 11.3. The van der Waals surface area contributed by atoms with Crippen LogP contribution in [-0.2, 0) is 16.4 Å². The zero-order chi connectivity index (χ0) is 10.9. The van der Waals surface area contributed by atoms with Crippen molar-refractivity contribution in [2.24, 2.45) is 0 Å². The minimum absolute atomic E-state index is 0.133. The normalized spacial score (nSPS) is 24.5. The van der Waals surface area contributed by atoms with E-state index in [1.807, 2.05) is 0 Å². The van der Waals surface area contributed by atoms with Crippen molar-refractivity contribution in [3.63, 3.8) is 0 Å². The summed E-state index contributed by atoms with van der Waals surface area (Å²) in [6, 6.07) is 2.19. The highest BCUT2D eigenvalue weighted by atomic mass is 79.9. The molecule has 0 saturated carbocycles. The Balaban J connectivity index is 1.85. The summed E-state index contributed by atoms with van der Waals surface area (Å²) < 4.78 is 23.5. The first-order chi connectivity index (χ1) is 7.05. The van der Waals surface area contributed by atoms with Gasteiger partial charge in [0.15, 0.2) is 9.84 Å². The van der Waals surface area contributed by atoms with Crippen LogP contribution in [0.5, 0.6) is 0 Å². The van der Waals surface area contributed by atoms with E-state index in [1.54, 1.807) is 11.3 Å². The van der Waals surface area contributed by atoms with Crippen LogP contribution in [0.4, 0.5) is 0 Å². The van der Waals surface area contributed by atoms with Crippen molar-refractivity contribution in [2.75, 3.05) is 11.5 Å². The lowest BCUT2D eigenvalue weighted by Crippen LogP contribution is -2.29. The second-order valence-corrected chi connectivity index (χ2v) is 8.26. The summed E-state index contributed by atoms with van der Waals surface area (Å²) in [5.74, 6) is 0.621. The van der Waals surface area contributed by atoms with Crippen LogP contribution in [0.25, 0.3) is 0 Å². The van der Waals surface area contributed by atoms with Gasteiger partial charge in [0.1, 0.15) is 0 Å². The lowest BCUT2D eigenvalue weighted by molar-refractivity contribution is 0.554. The first-order valence-electron chi connectivity index (χ1n) is 4.72. The van der Waals surface area contributed by atoms with Crippen molar-refractivity contribution in [1.82, 2.24) is 5.32 Å². The first kappa shape index (κ1) is 11.6. The third-order valence-electron chi connectivity index (χ3n) is 2.45. The van der Waals surface area contributed by atoms with Crippen LogP contribution in [0.1, 0.15) is 12.0 Å². The van der Waals surface area contributed by atoms with Crippen molar-refractivity contribution in [2.45, 2.75) is 19.0 Å². The van der Waals surface area contributed by atoms with Crippen molar-refractivity contribution in [3.8, 4) is 0 Å². The Hall–Kier alpha value is 0.0900. The standard InChI is InChI=1S/C9H12BrNO2S2/c10-9-3-7(5-14-9)4-11-8-1-2-15(12,13)6-8/h3,5,8,11H,1-2,4,6H2. The third kappa shape index (κ3) is 3.27. The van der Waals surface area contributed by atoms with Gasteiger partial charge in [0.05, 0.1) is 15.3 Å². The van der Waals surface area contributed by atoms with E-state index in [0.29, 0.717) is 5.75 Å². The molecule has 1 saturated heterocycles. The fourth-order valence-corrected chi connectivity index (χ4v) is 4.57. The van der Waals surface area contributed by atoms with E-state index in [1.165, 1.54) is 5.56 Å². The molecule has 1 aliphatic heterocycles. The highest BCUT2D eigenvalue weighted by molar-refractivity contribution is 9.11. The monoisotopic (exact) mass is 309 g/mol. The van der Waals surface area contributed by atoms with Gasteiger partial charge in [-0.25, -0.2) is 8.42 Å². The van der Waals surface area contributed by atoms with Gasteiger partial charge in [-0.1, -0.05) is 0 Å². The van der Waals surface area contributed by atoms with Crippen LogP contribution >= 0.6 is 27.3 Å². The molecule has 0 aliphatic carbocycles. The molecular formula is C9H12BrNO2S2. The number of rotatable bonds is 3. The topological polar surface area (TPSA) is 46.2 Å². The molecule has 1 aromatic rings. The van der Waals surface area contributed by atoms with E-state index in [0.717, 1.165) is 16.8 Å². The fourth-order valence-electron chi connectivity index (χ4n) is 1.66. The highest BCUT2D eigenvalue weighted by Gasteiger charge is 2.27. The minimum Gasteiger partial charge on any atom is -0.309 e. The van der Waals surface area contributed by atoms with Gasteiger partial charge in [-0.3, -0.25) is 0 Å². The van der Waals surface area contributed by atoms with Gasteiger partial charge in [-0.15, -0.1) is 11.3 Å². The quantitative estimate of drug-likeness (QED) is 0.926. The minimum atomic E-state index is -2.76. The molecular weight excluding hydrogens is 298 g/mol. The van der Waals surface area contributed by atoms with Gasteiger partial charge < -0.3 is 5.32 Å². The molecule has 0 aromatic carbocycles. The molecule has 0 bridgehead atoms. The summed E-state index contributed by atoms with van der Waals surface area (Å²) in [7, 11) is -2.76. The molecule has 15 heavy (non-hydrogen) atoms.